The highest BCUT2D eigenvalue weighted by Crippen LogP contribution is 2.46. The first-order chi connectivity index (χ1) is 13.5. The first-order valence-corrected chi connectivity index (χ1v) is 9.46. The summed E-state index contributed by atoms with van der Waals surface area (Å²) in [6.07, 6.45) is 3.74. The van der Waals surface area contributed by atoms with Crippen molar-refractivity contribution in [1.82, 2.24) is 9.47 Å². The second-order valence-corrected chi connectivity index (χ2v) is 7.66. The zero-order valence-corrected chi connectivity index (χ0v) is 16.0. The van der Waals surface area contributed by atoms with Gasteiger partial charge < -0.3 is 14.3 Å². The molecule has 3 aromatic rings. The number of hydrogen-bond acceptors (Lipinski definition) is 4. The van der Waals surface area contributed by atoms with E-state index in [9.17, 15) is 9.59 Å². The molecular weight excluding hydrogens is 354 g/mol. The molecule has 0 fully saturated rings. The van der Waals surface area contributed by atoms with Gasteiger partial charge in [-0.2, -0.15) is 0 Å². The molecule has 0 spiro atoms. The Morgan fingerprint density at radius 1 is 1.25 bits per heavy atom. The van der Waals surface area contributed by atoms with Crippen molar-refractivity contribution in [2.75, 3.05) is 11.9 Å². The lowest BCUT2D eigenvalue weighted by Crippen LogP contribution is -2.33. The molecule has 1 atom stereocenters. The van der Waals surface area contributed by atoms with Crippen molar-refractivity contribution in [3.05, 3.63) is 65.4 Å². The number of furan rings is 1. The molecule has 28 heavy (non-hydrogen) atoms. The third kappa shape index (κ3) is 2.21. The van der Waals surface area contributed by atoms with Gasteiger partial charge in [0, 0.05) is 35.9 Å². The van der Waals surface area contributed by atoms with Crippen LogP contribution >= 0.6 is 0 Å². The molecule has 1 aromatic carbocycles. The van der Waals surface area contributed by atoms with Crippen LogP contribution < -0.4 is 5.32 Å². The van der Waals surface area contributed by atoms with Crippen LogP contribution in [-0.2, 0) is 9.59 Å². The van der Waals surface area contributed by atoms with Gasteiger partial charge in [-0.3, -0.25) is 14.5 Å². The van der Waals surface area contributed by atoms with E-state index in [-0.39, 0.29) is 30.3 Å². The van der Waals surface area contributed by atoms with Crippen LogP contribution in [0.2, 0.25) is 0 Å². The molecule has 5 rings (SSSR count). The summed E-state index contributed by atoms with van der Waals surface area (Å²) in [5, 5.41) is 4.55. The topological polar surface area (TPSA) is 67.5 Å². The molecule has 142 valence electrons. The van der Waals surface area contributed by atoms with E-state index in [0.717, 1.165) is 27.9 Å². The molecule has 0 saturated carbocycles. The van der Waals surface area contributed by atoms with E-state index in [4.69, 9.17) is 4.42 Å². The van der Waals surface area contributed by atoms with Crippen LogP contribution in [0.15, 0.2) is 58.5 Å². The molecule has 6 nitrogen and oxygen atoms in total. The van der Waals surface area contributed by atoms with E-state index in [1.165, 1.54) is 11.8 Å². The molecule has 2 aromatic heterocycles. The third-order valence-electron chi connectivity index (χ3n) is 5.65. The van der Waals surface area contributed by atoms with Crippen LogP contribution in [0.1, 0.15) is 44.1 Å². The fourth-order valence-electron chi connectivity index (χ4n) is 4.41. The largest absolute Gasteiger partial charge is 0.468 e. The molecule has 0 unspecified atom stereocenters. The van der Waals surface area contributed by atoms with Crippen molar-refractivity contribution >= 4 is 28.4 Å². The monoisotopic (exact) mass is 375 g/mol. The standard InChI is InChI=1S/C22H21N3O3/c1-12(2)24-10-14-19-15(6-4-7-17(19)24)23-16-11-25(13(3)26)22(27)21(16)20(14)18-8-5-9-28-18/h4-10,12,20,23H,11H2,1-3H3/t20-/m0/s1. The summed E-state index contributed by atoms with van der Waals surface area (Å²) < 4.78 is 7.99. The first-order valence-electron chi connectivity index (χ1n) is 9.46. The van der Waals surface area contributed by atoms with Gasteiger partial charge in [0.15, 0.2) is 0 Å². The van der Waals surface area contributed by atoms with Gasteiger partial charge in [-0.05, 0) is 43.7 Å². The van der Waals surface area contributed by atoms with Gasteiger partial charge >= 0.3 is 0 Å². The Bertz CT molecular complexity index is 1150. The molecule has 2 aliphatic rings. The van der Waals surface area contributed by atoms with E-state index in [1.807, 2.05) is 24.3 Å². The number of anilines is 1. The Hall–Kier alpha value is -3.28. The van der Waals surface area contributed by atoms with Crippen LogP contribution in [0, 0.1) is 0 Å². The van der Waals surface area contributed by atoms with E-state index in [0.29, 0.717) is 11.3 Å². The Morgan fingerprint density at radius 2 is 2.07 bits per heavy atom. The number of amides is 2. The van der Waals surface area contributed by atoms with Gasteiger partial charge in [-0.1, -0.05) is 6.07 Å². The number of carbonyl (C=O) groups is 2. The summed E-state index contributed by atoms with van der Waals surface area (Å²) >= 11 is 0. The van der Waals surface area contributed by atoms with Crippen molar-refractivity contribution in [2.24, 2.45) is 0 Å². The van der Waals surface area contributed by atoms with Crippen molar-refractivity contribution < 1.29 is 14.0 Å². The molecule has 0 bridgehead atoms. The van der Waals surface area contributed by atoms with Crippen molar-refractivity contribution in [3.63, 3.8) is 0 Å². The number of nitrogens with zero attached hydrogens (tertiary/aromatic N) is 2. The average molecular weight is 375 g/mol. The molecular formula is C22H21N3O3. The normalized spacial score (nSPS) is 18.6. The third-order valence-corrected chi connectivity index (χ3v) is 5.65. The van der Waals surface area contributed by atoms with E-state index >= 15 is 0 Å². The van der Waals surface area contributed by atoms with E-state index < -0.39 is 0 Å². The Kier molecular flexibility index (Phi) is 3.53. The summed E-state index contributed by atoms with van der Waals surface area (Å²) in [7, 11) is 0. The molecule has 1 N–H and O–H groups in total. The van der Waals surface area contributed by atoms with Crippen molar-refractivity contribution in [2.45, 2.75) is 32.7 Å². The lowest BCUT2D eigenvalue weighted by atomic mass is 9.88. The summed E-state index contributed by atoms with van der Waals surface area (Å²) in [6.45, 7) is 5.96. The Morgan fingerprint density at radius 3 is 2.75 bits per heavy atom. The van der Waals surface area contributed by atoms with Gasteiger partial charge in [0.1, 0.15) is 5.76 Å². The van der Waals surface area contributed by atoms with Crippen LogP contribution in [0.3, 0.4) is 0 Å². The highest BCUT2D eigenvalue weighted by Gasteiger charge is 2.42. The fourth-order valence-corrected chi connectivity index (χ4v) is 4.41. The molecule has 2 aliphatic heterocycles. The quantitative estimate of drug-likeness (QED) is 0.735. The molecule has 4 heterocycles. The maximum Gasteiger partial charge on any atom is 0.259 e. The molecule has 2 amide bonds. The highest BCUT2D eigenvalue weighted by atomic mass is 16.3. The van der Waals surface area contributed by atoms with Crippen LogP contribution in [-0.4, -0.2) is 27.8 Å². The van der Waals surface area contributed by atoms with E-state index in [2.05, 4.69) is 36.0 Å². The summed E-state index contributed by atoms with van der Waals surface area (Å²) in [5.74, 6) is -0.168. The lowest BCUT2D eigenvalue weighted by molar-refractivity contribution is -0.139. The Labute approximate surface area is 162 Å². The number of rotatable bonds is 2. The smallest absolute Gasteiger partial charge is 0.259 e. The number of nitrogens with one attached hydrogen (secondary N) is 1. The first kappa shape index (κ1) is 16.9. The zero-order valence-electron chi connectivity index (χ0n) is 16.0. The summed E-state index contributed by atoms with van der Waals surface area (Å²) in [5.41, 5.74) is 4.44. The van der Waals surface area contributed by atoms with Gasteiger partial charge in [-0.25, -0.2) is 0 Å². The minimum absolute atomic E-state index is 0.253. The molecule has 6 heteroatoms. The minimum Gasteiger partial charge on any atom is -0.468 e. The maximum absolute atomic E-state index is 13.2. The van der Waals surface area contributed by atoms with Crippen molar-refractivity contribution in [3.8, 4) is 0 Å². The number of benzene rings is 1. The number of aromatic nitrogens is 1. The predicted molar refractivity (Wildman–Crippen MR) is 106 cm³/mol. The number of carbonyl (C=O) groups excluding carboxylic acids is 2. The highest BCUT2D eigenvalue weighted by molar-refractivity contribution is 6.11. The zero-order chi connectivity index (χ0) is 19.6. The van der Waals surface area contributed by atoms with Crippen molar-refractivity contribution in [1.29, 1.82) is 0 Å². The van der Waals surface area contributed by atoms with Gasteiger partial charge in [0.25, 0.3) is 5.91 Å². The summed E-state index contributed by atoms with van der Waals surface area (Å²) in [6, 6.07) is 10.1. The van der Waals surface area contributed by atoms with Gasteiger partial charge in [-0.15, -0.1) is 0 Å². The predicted octanol–water partition coefficient (Wildman–Crippen LogP) is 4.02. The second kappa shape index (κ2) is 5.86. The number of hydrogen-bond donors (Lipinski definition) is 1. The fraction of sp³-hybridized carbons (Fsp3) is 0.273. The van der Waals surface area contributed by atoms with Crippen LogP contribution in [0.4, 0.5) is 5.69 Å². The maximum atomic E-state index is 13.2. The number of imide groups is 1. The average Bonchev–Trinajstić information content (AvgIpc) is 3.35. The molecule has 0 radical (unpaired) electrons. The second-order valence-electron chi connectivity index (χ2n) is 7.66. The summed E-state index contributed by atoms with van der Waals surface area (Å²) in [4.78, 5) is 26.5. The minimum atomic E-state index is -0.361. The SMILES string of the molecule is CC(=O)N1CC2=C(C1=O)[C@H](c1ccco1)c1cn(C(C)C)c3cccc(c13)N2. The van der Waals surface area contributed by atoms with E-state index in [1.54, 1.807) is 6.26 Å². The van der Waals surface area contributed by atoms with Gasteiger partial charge in [0.2, 0.25) is 5.91 Å². The molecule has 0 saturated heterocycles. The van der Waals surface area contributed by atoms with Crippen LogP contribution in [0.25, 0.3) is 10.9 Å². The Balaban J connectivity index is 1.82. The van der Waals surface area contributed by atoms with Crippen LogP contribution in [0.5, 0.6) is 0 Å². The lowest BCUT2D eigenvalue weighted by Gasteiger charge is -2.17. The molecule has 0 aliphatic carbocycles. The van der Waals surface area contributed by atoms with Gasteiger partial charge in [0.05, 0.1) is 29.8 Å².